The molecule has 0 saturated carbocycles. The van der Waals surface area contributed by atoms with Crippen LogP contribution in [0, 0.1) is 0 Å². The fourth-order valence-electron chi connectivity index (χ4n) is 2.41. The summed E-state index contributed by atoms with van der Waals surface area (Å²) in [5, 5.41) is 2.22. The van der Waals surface area contributed by atoms with Gasteiger partial charge in [-0.15, -0.1) is 0 Å². The number of halogens is 1. The van der Waals surface area contributed by atoms with Crippen LogP contribution in [0.4, 0.5) is 0 Å². The molecular formula is C15H16BrN3O2. The Morgan fingerprint density at radius 2 is 2.05 bits per heavy atom. The van der Waals surface area contributed by atoms with Crippen molar-refractivity contribution in [1.82, 2.24) is 14.5 Å². The summed E-state index contributed by atoms with van der Waals surface area (Å²) in [6, 6.07) is 6.03. The summed E-state index contributed by atoms with van der Waals surface area (Å²) in [5.41, 5.74) is 2.07. The Hall–Kier alpha value is -1.50. The van der Waals surface area contributed by atoms with E-state index in [0.29, 0.717) is 19.8 Å². The van der Waals surface area contributed by atoms with Gasteiger partial charge in [0.1, 0.15) is 10.3 Å². The number of hydrogen-bond acceptors (Lipinski definition) is 4. The Bertz CT molecular complexity index is 757. The molecule has 0 unspecified atom stereocenters. The summed E-state index contributed by atoms with van der Waals surface area (Å²) in [5.74, 6) is 0. The molecule has 6 heteroatoms. The molecule has 0 aromatic carbocycles. The minimum Gasteiger partial charge on any atom is -0.382 e. The maximum atomic E-state index is 5.57. The second kappa shape index (κ2) is 6.51. The second-order valence-electron chi connectivity index (χ2n) is 4.65. The fraction of sp³-hybridized carbons (Fsp3) is 0.333. The Morgan fingerprint density at radius 3 is 2.90 bits per heavy atom. The van der Waals surface area contributed by atoms with E-state index in [4.69, 9.17) is 9.47 Å². The average molecular weight is 350 g/mol. The molecule has 3 rings (SSSR count). The Kier molecular flexibility index (Phi) is 4.48. The molecule has 3 heterocycles. The minimum absolute atomic E-state index is 0.603. The van der Waals surface area contributed by atoms with Crippen LogP contribution in [0.1, 0.15) is 0 Å². The summed E-state index contributed by atoms with van der Waals surface area (Å²) in [6.07, 6.45) is 3.69. The van der Waals surface area contributed by atoms with E-state index < -0.39 is 0 Å². The van der Waals surface area contributed by atoms with Crippen molar-refractivity contribution in [2.45, 2.75) is 6.54 Å². The first kappa shape index (κ1) is 14.4. The van der Waals surface area contributed by atoms with Gasteiger partial charge in [0.05, 0.1) is 25.3 Å². The molecule has 0 aliphatic rings. The highest BCUT2D eigenvalue weighted by Crippen LogP contribution is 2.28. The van der Waals surface area contributed by atoms with E-state index in [1.165, 1.54) is 0 Å². The van der Waals surface area contributed by atoms with E-state index in [9.17, 15) is 0 Å². The molecule has 0 radical (unpaired) electrons. The molecule has 5 nitrogen and oxygen atoms in total. The van der Waals surface area contributed by atoms with E-state index in [0.717, 1.165) is 33.1 Å². The predicted octanol–water partition coefficient (Wildman–Crippen LogP) is 3.01. The van der Waals surface area contributed by atoms with Crippen LogP contribution >= 0.6 is 15.9 Å². The number of pyridine rings is 2. The highest BCUT2D eigenvalue weighted by atomic mass is 79.9. The van der Waals surface area contributed by atoms with Crippen molar-refractivity contribution in [3.63, 3.8) is 0 Å². The molecule has 0 saturated heterocycles. The zero-order chi connectivity index (χ0) is 14.7. The first-order valence-corrected chi connectivity index (χ1v) is 7.55. The zero-order valence-corrected chi connectivity index (χ0v) is 13.3. The van der Waals surface area contributed by atoms with Crippen LogP contribution in [-0.2, 0) is 16.0 Å². The van der Waals surface area contributed by atoms with Crippen LogP contribution in [0.15, 0.2) is 35.2 Å². The maximum Gasteiger partial charge on any atom is 0.142 e. The van der Waals surface area contributed by atoms with Gasteiger partial charge in [-0.2, -0.15) is 0 Å². The molecule has 0 spiro atoms. The Labute approximate surface area is 131 Å². The van der Waals surface area contributed by atoms with Crippen LogP contribution in [0.2, 0.25) is 0 Å². The van der Waals surface area contributed by atoms with Gasteiger partial charge >= 0.3 is 0 Å². The highest BCUT2D eigenvalue weighted by Gasteiger charge is 2.11. The van der Waals surface area contributed by atoms with Crippen molar-refractivity contribution in [3.8, 4) is 0 Å². The van der Waals surface area contributed by atoms with Gasteiger partial charge in [-0.1, -0.05) is 0 Å². The van der Waals surface area contributed by atoms with Gasteiger partial charge in [-0.3, -0.25) is 4.98 Å². The van der Waals surface area contributed by atoms with Crippen LogP contribution in [0.3, 0.4) is 0 Å². The van der Waals surface area contributed by atoms with Crippen LogP contribution in [0.5, 0.6) is 0 Å². The summed E-state index contributed by atoms with van der Waals surface area (Å²) in [4.78, 5) is 8.82. The molecule has 0 N–H and O–H groups in total. The smallest absolute Gasteiger partial charge is 0.142 e. The van der Waals surface area contributed by atoms with Gasteiger partial charge in [-0.05, 0) is 34.1 Å². The first-order chi connectivity index (χ1) is 10.3. The SMILES string of the molecule is COCCOCCn1c2ccncc2c2ccc(Br)nc21. The number of rotatable bonds is 6. The van der Waals surface area contributed by atoms with Crippen molar-refractivity contribution >= 4 is 37.9 Å². The molecule has 0 bridgehead atoms. The van der Waals surface area contributed by atoms with Crippen molar-refractivity contribution < 1.29 is 9.47 Å². The monoisotopic (exact) mass is 349 g/mol. The van der Waals surface area contributed by atoms with E-state index in [1.54, 1.807) is 13.3 Å². The van der Waals surface area contributed by atoms with E-state index >= 15 is 0 Å². The summed E-state index contributed by atoms with van der Waals surface area (Å²) < 4.78 is 13.5. The summed E-state index contributed by atoms with van der Waals surface area (Å²) >= 11 is 3.44. The highest BCUT2D eigenvalue weighted by molar-refractivity contribution is 9.10. The molecule has 110 valence electrons. The summed E-state index contributed by atoms with van der Waals surface area (Å²) in [7, 11) is 1.67. The quantitative estimate of drug-likeness (QED) is 0.507. The maximum absolute atomic E-state index is 5.57. The third-order valence-corrected chi connectivity index (χ3v) is 3.81. The lowest BCUT2D eigenvalue weighted by Crippen LogP contribution is -2.09. The lowest BCUT2D eigenvalue weighted by Gasteiger charge is -2.07. The molecule has 0 aliphatic carbocycles. The van der Waals surface area contributed by atoms with E-state index in [1.807, 2.05) is 18.3 Å². The lowest BCUT2D eigenvalue weighted by atomic mass is 10.2. The van der Waals surface area contributed by atoms with Crippen LogP contribution in [0.25, 0.3) is 21.9 Å². The Balaban J connectivity index is 1.95. The molecule has 0 amide bonds. The van der Waals surface area contributed by atoms with E-state index in [-0.39, 0.29) is 0 Å². The van der Waals surface area contributed by atoms with Gasteiger partial charge in [0.2, 0.25) is 0 Å². The van der Waals surface area contributed by atoms with Gasteiger partial charge in [0.25, 0.3) is 0 Å². The van der Waals surface area contributed by atoms with Crippen molar-refractivity contribution in [2.75, 3.05) is 26.9 Å². The number of methoxy groups -OCH3 is 1. The van der Waals surface area contributed by atoms with Crippen molar-refractivity contribution in [1.29, 1.82) is 0 Å². The predicted molar refractivity (Wildman–Crippen MR) is 85.4 cm³/mol. The van der Waals surface area contributed by atoms with Gasteiger partial charge in [0, 0.05) is 36.8 Å². The van der Waals surface area contributed by atoms with Crippen LogP contribution < -0.4 is 0 Å². The van der Waals surface area contributed by atoms with Crippen molar-refractivity contribution in [3.05, 3.63) is 35.2 Å². The summed E-state index contributed by atoms with van der Waals surface area (Å²) in [6.45, 7) is 2.59. The van der Waals surface area contributed by atoms with Gasteiger partial charge in [-0.25, -0.2) is 4.98 Å². The van der Waals surface area contributed by atoms with Gasteiger partial charge in [0.15, 0.2) is 0 Å². The topological polar surface area (TPSA) is 49.2 Å². The molecule has 0 aliphatic heterocycles. The zero-order valence-electron chi connectivity index (χ0n) is 11.8. The van der Waals surface area contributed by atoms with Crippen molar-refractivity contribution in [2.24, 2.45) is 0 Å². The number of ether oxygens (including phenoxy) is 2. The standard InChI is InChI=1S/C15H16BrN3O2/c1-20-8-9-21-7-6-19-13-4-5-17-10-12(13)11-2-3-14(16)18-15(11)19/h2-5,10H,6-9H2,1H3. The largest absolute Gasteiger partial charge is 0.382 e. The fourth-order valence-corrected chi connectivity index (χ4v) is 2.71. The molecule has 3 aromatic rings. The number of fused-ring (bicyclic) bond motifs is 3. The van der Waals surface area contributed by atoms with E-state index in [2.05, 4.69) is 36.5 Å². The number of nitrogens with zero attached hydrogens (tertiary/aromatic N) is 3. The van der Waals surface area contributed by atoms with Crippen LogP contribution in [-0.4, -0.2) is 41.5 Å². The average Bonchev–Trinajstić information content (AvgIpc) is 2.81. The molecule has 3 aromatic heterocycles. The third-order valence-electron chi connectivity index (χ3n) is 3.37. The normalized spacial score (nSPS) is 11.5. The molecule has 21 heavy (non-hydrogen) atoms. The molecule has 0 atom stereocenters. The number of aromatic nitrogens is 3. The van der Waals surface area contributed by atoms with Gasteiger partial charge < -0.3 is 14.0 Å². The Morgan fingerprint density at radius 1 is 1.14 bits per heavy atom. The third kappa shape index (κ3) is 2.92. The molecular weight excluding hydrogens is 334 g/mol. The second-order valence-corrected chi connectivity index (χ2v) is 5.47. The molecule has 0 fully saturated rings. The first-order valence-electron chi connectivity index (χ1n) is 6.76. The minimum atomic E-state index is 0.603. The number of hydrogen-bond donors (Lipinski definition) is 0. The lowest BCUT2D eigenvalue weighted by molar-refractivity contribution is 0.0673.